The molecule has 3 fully saturated rings. The largest absolute Gasteiger partial charge is 0.508 e. The number of hydrogen-bond acceptors (Lipinski definition) is 25. The molecule has 1 aliphatic carbocycles. The number of aliphatic hydroxyl groups is 9. The van der Waals surface area contributed by atoms with E-state index >= 15 is 0 Å². The maximum Gasteiger partial charge on any atom is 0.330 e. The Hall–Kier alpha value is -7.21. The number of aromatic hydroxyl groups is 4. The van der Waals surface area contributed by atoms with Crippen LogP contribution in [-0.4, -0.2) is 190 Å². The highest BCUT2D eigenvalue weighted by molar-refractivity contribution is 5.87. The zero-order chi connectivity index (χ0) is 54.5. The predicted octanol–water partition coefficient (Wildman–Crippen LogP) is -1.06. The summed E-state index contributed by atoms with van der Waals surface area (Å²) in [4.78, 5) is 38.7. The fraction of sp³-hybridized carbons (Fsp3) is 0.353. The van der Waals surface area contributed by atoms with E-state index in [0.717, 1.165) is 30.4 Å². The van der Waals surface area contributed by atoms with Crippen LogP contribution in [0.5, 0.6) is 34.5 Å². The lowest BCUT2D eigenvalue weighted by Crippen LogP contribution is -2.65. The van der Waals surface area contributed by atoms with Gasteiger partial charge in [-0.3, -0.25) is 4.79 Å². The molecule has 15 atom stereocenters. The summed E-state index contributed by atoms with van der Waals surface area (Å²) in [6.07, 6.45) is -23.8. The number of hydrogen-bond donors (Lipinski definition) is 13. The second-order valence-electron chi connectivity index (χ2n) is 17.7. The molecule has 13 N–H and O–H groups in total. The molecular weight excluding hydrogens is 1010 g/mol. The summed E-state index contributed by atoms with van der Waals surface area (Å²) in [5.74, 6) is -4.17. The molecule has 0 saturated carbocycles. The molecule has 3 aromatic carbocycles. The van der Waals surface area contributed by atoms with Crippen LogP contribution in [-0.2, 0) is 38.0 Å². The van der Waals surface area contributed by atoms with Crippen LogP contribution in [0.1, 0.15) is 11.1 Å². The number of rotatable bonds is 16. The summed E-state index contributed by atoms with van der Waals surface area (Å²) in [5.41, 5.74) is 0.134. The first kappa shape index (κ1) is 55.0. The molecule has 0 amide bonds. The second kappa shape index (κ2) is 23.8. The van der Waals surface area contributed by atoms with Crippen molar-refractivity contribution in [3.05, 3.63) is 118 Å². The van der Waals surface area contributed by atoms with E-state index in [1.165, 1.54) is 78.9 Å². The molecule has 8 rings (SSSR count). The van der Waals surface area contributed by atoms with Crippen LogP contribution in [0, 0.1) is 0 Å². The molecule has 4 heterocycles. The second-order valence-corrected chi connectivity index (χ2v) is 17.7. The Kier molecular flexibility index (Phi) is 17.2. The summed E-state index contributed by atoms with van der Waals surface area (Å²) in [5, 5.41) is 137. The van der Waals surface area contributed by atoms with E-state index in [9.17, 15) is 80.8 Å². The number of esters is 2. The average molecular weight is 1060 g/mol. The Balaban J connectivity index is 1.12. The number of phenolic OH excluding ortho intramolecular Hbond substituents is 4. The van der Waals surface area contributed by atoms with Gasteiger partial charge in [-0.15, -0.1) is 0 Å². The van der Waals surface area contributed by atoms with Gasteiger partial charge in [-0.1, -0.05) is 18.2 Å². The van der Waals surface area contributed by atoms with Crippen molar-refractivity contribution in [3.63, 3.8) is 0 Å². The first-order valence-electron chi connectivity index (χ1n) is 23.2. The van der Waals surface area contributed by atoms with Crippen LogP contribution >= 0.6 is 0 Å². The molecule has 406 valence electrons. The molecule has 76 heavy (non-hydrogen) atoms. The molecule has 5 aliphatic rings. The molecule has 0 unspecified atom stereocenters. The van der Waals surface area contributed by atoms with Gasteiger partial charge in [0, 0.05) is 29.8 Å². The molecule has 25 nitrogen and oxygen atoms in total. The van der Waals surface area contributed by atoms with Gasteiger partial charge in [0.2, 0.25) is 12.6 Å². The lowest BCUT2D eigenvalue weighted by atomic mass is 9.97. The van der Waals surface area contributed by atoms with Gasteiger partial charge >= 0.3 is 11.9 Å². The molecule has 0 radical (unpaired) electrons. The minimum atomic E-state index is -2.13. The van der Waals surface area contributed by atoms with E-state index in [0.29, 0.717) is 5.56 Å². The number of carbonyl (C=O) groups excluding carboxylic acids is 2. The van der Waals surface area contributed by atoms with E-state index in [4.69, 9.17) is 42.3 Å². The van der Waals surface area contributed by atoms with Crippen molar-refractivity contribution in [3.8, 4) is 57.1 Å². The first-order chi connectivity index (χ1) is 36.3. The van der Waals surface area contributed by atoms with Crippen LogP contribution in [0.2, 0.25) is 0 Å². The van der Waals surface area contributed by atoms with Crippen LogP contribution in [0.25, 0.3) is 34.8 Å². The Bertz CT molecular complexity index is 2890. The Labute approximate surface area is 429 Å². The van der Waals surface area contributed by atoms with Crippen molar-refractivity contribution in [1.82, 2.24) is 0 Å². The van der Waals surface area contributed by atoms with Gasteiger partial charge in [-0.05, 0) is 77.9 Å². The number of carbonyl (C=O) groups is 2. The van der Waals surface area contributed by atoms with Crippen LogP contribution in [0.3, 0.4) is 0 Å². The number of aliphatic hydroxyl groups excluding tert-OH is 9. The first-order valence-corrected chi connectivity index (χ1v) is 23.2. The van der Waals surface area contributed by atoms with E-state index in [1.54, 1.807) is 0 Å². The van der Waals surface area contributed by atoms with Crippen molar-refractivity contribution < 1.29 is 118 Å². The van der Waals surface area contributed by atoms with Gasteiger partial charge in [0.15, 0.2) is 40.8 Å². The normalized spacial score (nSPS) is 29.8. The zero-order valence-electron chi connectivity index (χ0n) is 39.4. The van der Waals surface area contributed by atoms with Crippen molar-refractivity contribution >= 4 is 24.1 Å². The van der Waals surface area contributed by atoms with E-state index in [-0.39, 0.29) is 51.2 Å². The van der Waals surface area contributed by atoms with E-state index in [1.807, 2.05) is 0 Å². The van der Waals surface area contributed by atoms with Gasteiger partial charge < -0.3 is 109 Å². The third kappa shape index (κ3) is 12.5. The topological polar surface area (TPSA) is 401 Å². The quantitative estimate of drug-likeness (QED) is 0.0318. The lowest BCUT2D eigenvalue weighted by molar-refractivity contribution is -0.358. The fourth-order valence-corrected chi connectivity index (χ4v) is 8.16. The molecule has 0 aromatic heterocycles. The molecule has 0 spiro atoms. The highest BCUT2D eigenvalue weighted by atomic mass is 16.8. The van der Waals surface area contributed by atoms with Crippen LogP contribution in [0.15, 0.2) is 106 Å². The number of phenols is 4. The number of ether oxygens (including phenoxy) is 8. The Morgan fingerprint density at radius 3 is 1.67 bits per heavy atom. The Morgan fingerprint density at radius 1 is 0.526 bits per heavy atom. The highest BCUT2D eigenvalue weighted by Crippen LogP contribution is 2.43. The molecule has 4 aliphatic heterocycles. The summed E-state index contributed by atoms with van der Waals surface area (Å²) in [7, 11) is 0. The van der Waals surface area contributed by atoms with Crippen LogP contribution < -0.4 is 14.9 Å². The maximum atomic E-state index is 13.1. The van der Waals surface area contributed by atoms with Crippen molar-refractivity contribution in [2.75, 3.05) is 19.8 Å². The van der Waals surface area contributed by atoms with Gasteiger partial charge in [-0.2, -0.15) is 0 Å². The fourth-order valence-electron chi connectivity index (χ4n) is 8.16. The summed E-state index contributed by atoms with van der Waals surface area (Å²) < 4.78 is 52.5. The molecule has 0 bridgehead atoms. The summed E-state index contributed by atoms with van der Waals surface area (Å²) >= 11 is 0. The van der Waals surface area contributed by atoms with Gasteiger partial charge in [-0.25, -0.2) is 9.59 Å². The van der Waals surface area contributed by atoms with Crippen LogP contribution in [0.4, 0.5) is 0 Å². The molecular formula is C51H52O25. The number of benzene rings is 4. The van der Waals surface area contributed by atoms with Crippen molar-refractivity contribution in [1.29, 1.82) is 0 Å². The maximum absolute atomic E-state index is 13.1. The third-order valence-electron chi connectivity index (χ3n) is 12.4. The standard InChI is InChI=1S/C51H52O25/c52-19-34-39(60)42(63)45(66)49(73-34)71-32-17-27(55)16-31-28(32)18-33(47(70-31)24-6-10-26(54)11-7-24)72-51-48(44(65)41(62)36(75-51)21-69-37(58)13-4-22-1-8-25(53)9-2-22)76-50-46(67)43(64)40(61)35(74-50)20-68-38(59)14-5-23-3-12-29(56)30(57)15-23/h1-18,34-36,39-46,48-54,56-57,60-67H,19-21H2/t34-,35-,36-,39-,40-,41-,42+,43+,44+,45-,46-,48-,49-,50+,51-/m1/s1. The van der Waals surface area contributed by atoms with E-state index in [2.05, 4.69) is 0 Å². The zero-order valence-corrected chi connectivity index (χ0v) is 39.4. The minimum absolute atomic E-state index is 0.0222. The molecule has 25 heteroatoms. The van der Waals surface area contributed by atoms with Gasteiger partial charge in [0.25, 0.3) is 0 Å². The smallest absolute Gasteiger partial charge is 0.330 e. The SMILES string of the molecule is O=C(C=Cc1ccc(O)c(O)c1)OC[C@H]1O[C@@H](O[C@H]2[C@H](Oc3cc4c(O[C@@H]5O[C@H](CO)[C@@H](O)[C@H](O)[C@H]5O)cc(=O)cc-4oc3-c3ccc(O)cc3)O[C@H](COC(=O)C=Cc3ccc(O)cc3)[C@@H](O)[C@@H]2O)[C@H](O)[C@@H](O)[C@@H]1O. The molecule has 3 saturated heterocycles. The average Bonchev–Trinajstić information content (AvgIpc) is 3.41. The Morgan fingerprint density at radius 2 is 1.05 bits per heavy atom. The third-order valence-corrected chi connectivity index (χ3v) is 12.4. The number of fused-ring (bicyclic) bond motifs is 1. The van der Waals surface area contributed by atoms with Gasteiger partial charge in [0.05, 0.1) is 12.2 Å². The molecule has 3 aromatic rings. The predicted molar refractivity (Wildman–Crippen MR) is 254 cm³/mol. The highest BCUT2D eigenvalue weighted by Gasteiger charge is 2.52. The lowest BCUT2D eigenvalue weighted by Gasteiger charge is -2.46. The monoisotopic (exact) mass is 1060 g/mol. The van der Waals surface area contributed by atoms with Gasteiger partial charge in [0.1, 0.15) is 103 Å². The van der Waals surface area contributed by atoms with Crippen molar-refractivity contribution in [2.45, 2.75) is 92.1 Å². The van der Waals surface area contributed by atoms with Crippen molar-refractivity contribution in [2.24, 2.45) is 0 Å². The summed E-state index contributed by atoms with van der Waals surface area (Å²) in [6, 6.07) is 18.0. The van der Waals surface area contributed by atoms with E-state index < -0.39 is 141 Å². The summed E-state index contributed by atoms with van der Waals surface area (Å²) in [6.45, 7) is -2.35. The minimum Gasteiger partial charge on any atom is -0.508 e.